The highest BCUT2D eigenvalue weighted by molar-refractivity contribution is 8.14. The van der Waals surface area contributed by atoms with Crippen LogP contribution in [-0.2, 0) is 6.42 Å². The second-order valence-electron chi connectivity index (χ2n) is 10.5. The molecule has 1 aromatic carbocycles. The minimum absolute atomic E-state index is 0.0451. The van der Waals surface area contributed by atoms with Crippen molar-refractivity contribution in [2.75, 3.05) is 13.6 Å². The Labute approximate surface area is 204 Å². The molecule has 2 aliphatic rings. The van der Waals surface area contributed by atoms with E-state index in [1.54, 1.807) is 0 Å². The molecule has 1 aliphatic carbocycles. The Balaban J connectivity index is 1.95. The predicted molar refractivity (Wildman–Crippen MR) is 139 cm³/mol. The monoisotopic (exact) mass is 471 g/mol. The van der Waals surface area contributed by atoms with Crippen molar-refractivity contribution in [1.82, 2.24) is 4.90 Å². The maximum atomic E-state index is 13.1. The SMILES string of the molecule is C=C(C)[C@@H]1CCC(C)=C[C@H]1c1c(O)cc(CCCCC)cc1OC(=O)SC(C)(C)C1CN1C. The van der Waals surface area contributed by atoms with Crippen molar-refractivity contribution in [3.8, 4) is 11.5 Å². The van der Waals surface area contributed by atoms with Gasteiger partial charge in [0.05, 0.1) is 0 Å². The first-order valence-corrected chi connectivity index (χ1v) is 13.1. The topological polar surface area (TPSA) is 49.5 Å². The number of phenols is 1. The maximum Gasteiger partial charge on any atom is 0.373 e. The van der Waals surface area contributed by atoms with Crippen LogP contribution in [0.2, 0.25) is 0 Å². The fourth-order valence-corrected chi connectivity index (χ4v) is 6.04. The van der Waals surface area contributed by atoms with Crippen LogP contribution in [0.5, 0.6) is 11.5 Å². The number of aromatic hydroxyl groups is 1. The Hall–Kier alpha value is -1.72. The summed E-state index contributed by atoms with van der Waals surface area (Å²) in [5.41, 5.74) is 4.13. The zero-order chi connectivity index (χ0) is 24.3. The lowest BCUT2D eigenvalue weighted by Crippen LogP contribution is -2.28. The molecule has 1 heterocycles. The third-order valence-electron chi connectivity index (χ3n) is 7.16. The molecule has 1 saturated heterocycles. The summed E-state index contributed by atoms with van der Waals surface area (Å²) in [6, 6.07) is 4.22. The number of hydrogen-bond acceptors (Lipinski definition) is 5. The Morgan fingerprint density at radius 1 is 1.33 bits per heavy atom. The molecule has 1 aliphatic heterocycles. The van der Waals surface area contributed by atoms with Gasteiger partial charge in [-0.25, -0.2) is 4.79 Å². The molecular formula is C28H41NO3S. The molecule has 2 unspecified atom stereocenters. The van der Waals surface area contributed by atoms with Gasteiger partial charge >= 0.3 is 5.30 Å². The fourth-order valence-electron chi connectivity index (χ4n) is 5.09. The van der Waals surface area contributed by atoms with Crippen LogP contribution >= 0.6 is 11.8 Å². The van der Waals surface area contributed by atoms with Crippen molar-refractivity contribution in [2.24, 2.45) is 5.92 Å². The first-order valence-electron chi connectivity index (χ1n) is 12.3. The molecule has 182 valence electrons. The Bertz CT molecular complexity index is 920. The number of aryl methyl sites for hydroxylation is 1. The van der Waals surface area contributed by atoms with E-state index in [2.05, 4.69) is 59.2 Å². The van der Waals surface area contributed by atoms with Crippen LogP contribution in [0.4, 0.5) is 4.79 Å². The molecule has 4 nitrogen and oxygen atoms in total. The number of hydrogen-bond donors (Lipinski definition) is 1. The van der Waals surface area contributed by atoms with Crippen molar-refractivity contribution in [2.45, 2.75) is 89.9 Å². The van der Waals surface area contributed by atoms with Crippen LogP contribution in [0.1, 0.15) is 83.8 Å². The van der Waals surface area contributed by atoms with Gasteiger partial charge < -0.3 is 9.84 Å². The van der Waals surface area contributed by atoms with E-state index in [-0.39, 0.29) is 27.6 Å². The Kier molecular flexibility index (Phi) is 8.39. The minimum atomic E-state index is -0.310. The molecule has 5 heteroatoms. The van der Waals surface area contributed by atoms with E-state index in [4.69, 9.17) is 4.74 Å². The van der Waals surface area contributed by atoms with E-state index in [9.17, 15) is 9.90 Å². The van der Waals surface area contributed by atoms with Gasteiger partial charge in [0.15, 0.2) is 0 Å². The van der Waals surface area contributed by atoms with Crippen molar-refractivity contribution in [1.29, 1.82) is 0 Å². The third kappa shape index (κ3) is 6.45. The second kappa shape index (κ2) is 10.7. The van der Waals surface area contributed by atoms with Crippen LogP contribution in [0.15, 0.2) is 35.9 Å². The van der Waals surface area contributed by atoms with Gasteiger partial charge in [-0.2, -0.15) is 0 Å². The van der Waals surface area contributed by atoms with Gasteiger partial charge in [0.25, 0.3) is 0 Å². The summed E-state index contributed by atoms with van der Waals surface area (Å²) in [5.74, 6) is 0.893. The summed E-state index contributed by atoms with van der Waals surface area (Å²) in [6.07, 6.45) is 8.43. The number of carbonyl (C=O) groups is 1. The van der Waals surface area contributed by atoms with Crippen LogP contribution < -0.4 is 4.74 Å². The van der Waals surface area contributed by atoms with E-state index in [0.717, 1.165) is 61.8 Å². The summed E-state index contributed by atoms with van der Waals surface area (Å²) in [7, 11) is 2.07. The first kappa shape index (κ1) is 25.9. The number of thioether (sulfide) groups is 1. The molecule has 33 heavy (non-hydrogen) atoms. The molecule has 0 radical (unpaired) electrons. The number of ether oxygens (including phenoxy) is 1. The Morgan fingerprint density at radius 2 is 2.03 bits per heavy atom. The lowest BCUT2D eigenvalue weighted by Gasteiger charge is -2.32. The van der Waals surface area contributed by atoms with Crippen LogP contribution in [0, 0.1) is 5.92 Å². The molecular weight excluding hydrogens is 430 g/mol. The molecule has 1 aromatic rings. The van der Waals surface area contributed by atoms with Crippen molar-refractivity contribution < 1.29 is 14.6 Å². The lowest BCUT2D eigenvalue weighted by molar-refractivity contribution is 0.225. The highest BCUT2D eigenvalue weighted by atomic mass is 32.2. The van der Waals surface area contributed by atoms with E-state index in [0.29, 0.717) is 11.8 Å². The first-order chi connectivity index (χ1) is 15.5. The summed E-state index contributed by atoms with van der Waals surface area (Å²) in [6.45, 7) is 15.8. The molecule has 0 amide bonds. The van der Waals surface area contributed by atoms with Gasteiger partial charge in [0.2, 0.25) is 0 Å². The summed E-state index contributed by atoms with van der Waals surface area (Å²) in [4.78, 5) is 15.3. The van der Waals surface area contributed by atoms with Gasteiger partial charge in [0.1, 0.15) is 11.5 Å². The van der Waals surface area contributed by atoms with Gasteiger partial charge in [0, 0.05) is 28.8 Å². The van der Waals surface area contributed by atoms with E-state index in [1.165, 1.54) is 17.3 Å². The molecule has 0 aromatic heterocycles. The normalized spacial score (nSPS) is 24.8. The molecule has 0 bridgehead atoms. The van der Waals surface area contributed by atoms with Crippen LogP contribution in [0.3, 0.4) is 0 Å². The zero-order valence-electron chi connectivity index (χ0n) is 21.2. The number of rotatable bonds is 9. The molecule has 0 spiro atoms. The highest BCUT2D eigenvalue weighted by Crippen LogP contribution is 2.48. The largest absolute Gasteiger partial charge is 0.507 e. The standard InChI is InChI=1S/C28H41NO3S/c1-8-9-10-11-20-15-23(30)26(22-14-19(4)12-13-21(22)18(2)3)24(16-20)32-27(31)33-28(5,6)25-17-29(25)7/h14-16,21-22,25,30H,2,8-13,17H2,1,3-7H3/t21-,22+,25?,29?/m0/s1. The van der Waals surface area contributed by atoms with Crippen molar-refractivity contribution in [3.63, 3.8) is 0 Å². The average molecular weight is 472 g/mol. The zero-order valence-corrected chi connectivity index (χ0v) is 22.1. The van der Waals surface area contributed by atoms with Crippen LogP contribution in [-0.4, -0.2) is 39.7 Å². The summed E-state index contributed by atoms with van der Waals surface area (Å²) < 4.78 is 5.80. The quantitative estimate of drug-likeness (QED) is 0.175. The molecule has 1 fully saturated rings. The lowest BCUT2D eigenvalue weighted by atomic mass is 9.73. The van der Waals surface area contributed by atoms with Crippen molar-refractivity contribution in [3.05, 3.63) is 47.1 Å². The fraction of sp³-hybridized carbons (Fsp3) is 0.607. The van der Waals surface area contributed by atoms with Gasteiger partial charge in [-0.1, -0.05) is 43.6 Å². The number of allylic oxidation sites excluding steroid dienone is 3. The number of carbonyl (C=O) groups excluding carboxylic acids is 1. The average Bonchev–Trinajstić information content (AvgIpc) is 3.45. The maximum absolute atomic E-state index is 13.1. The molecule has 0 saturated carbocycles. The summed E-state index contributed by atoms with van der Waals surface area (Å²) >= 11 is 1.25. The predicted octanol–water partition coefficient (Wildman–Crippen LogP) is 7.47. The van der Waals surface area contributed by atoms with E-state index < -0.39 is 0 Å². The number of phenolic OH excluding ortho intramolecular Hbond substituents is 1. The van der Waals surface area contributed by atoms with E-state index >= 15 is 0 Å². The number of unbranched alkanes of at least 4 members (excludes halogenated alkanes) is 2. The summed E-state index contributed by atoms with van der Waals surface area (Å²) in [5, 5.41) is 10.9. The van der Waals surface area contributed by atoms with Gasteiger partial charge in [-0.3, -0.25) is 4.90 Å². The van der Waals surface area contributed by atoms with E-state index in [1.807, 2.05) is 12.1 Å². The van der Waals surface area contributed by atoms with Crippen LogP contribution in [0.25, 0.3) is 0 Å². The Morgan fingerprint density at radius 3 is 2.64 bits per heavy atom. The smallest absolute Gasteiger partial charge is 0.373 e. The number of likely N-dealkylation sites (N-methyl/N-ethyl adjacent to an activating group) is 1. The minimum Gasteiger partial charge on any atom is -0.507 e. The number of nitrogens with zero attached hydrogens (tertiary/aromatic N) is 1. The van der Waals surface area contributed by atoms with Crippen molar-refractivity contribution >= 4 is 17.1 Å². The molecule has 4 atom stereocenters. The highest BCUT2D eigenvalue weighted by Gasteiger charge is 2.45. The van der Waals surface area contributed by atoms with Gasteiger partial charge in [-0.15, -0.1) is 0 Å². The molecule has 3 rings (SSSR count). The second-order valence-corrected chi connectivity index (χ2v) is 12.1. The van der Waals surface area contributed by atoms with Gasteiger partial charge in [-0.05, 0) is 95.8 Å². The third-order valence-corrected chi connectivity index (χ3v) is 8.21. The number of benzene rings is 1. The molecule has 1 N–H and O–H groups in total.